The van der Waals surface area contributed by atoms with E-state index in [4.69, 9.17) is 14.2 Å². The van der Waals surface area contributed by atoms with Gasteiger partial charge in [-0.05, 0) is 0 Å². The van der Waals surface area contributed by atoms with Crippen LogP contribution in [0.25, 0.3) is 0 Å². The molecule has 0 radical (unpaired) electrons. The Morgan fingerprint density at radius 3 is 2.46 bits per heavy atom. The molecule has 0 bridgehead atoms. The van der Waals surface area contributed by atoms with Crippen molar-refractivity contribution in [2.24, 2.45) is 0 Å². The van der Waals surface area contributed by atoms with Crippen molar-refractivity contribution in [3.63, 3.8) is 0 Å². The molecule has 8 nitrogen and oxygen atoms in total. The average molecular weight is 631 g/mol. The van der Waals surface area contributed by atoms with E-state index in [-0.39, 0.29) is 20.7 Å². The van der Waals surface area contributed by atoms with E-state index in [0.29, 0.717) is 12.2 Å². The van der Waals surface area contributed by atoms with Gasteiger partial charge in [-0.1, -0.05) is 0 Å². The Morgan fingerprint density at radius 1 is 0.976 bits per heavy atom. The maximum absolute atomic E-state index is 15.0. The maximum atomic E-state index is 15.0. The first kappa shape index (κ1) is 28.6. The van der Waals surface area contributed by atoms with Crippen LogP contribution in [-0.2, 0) is 28.4 Å². The molecule has 0 aromatic heterocycles. The van der Waals surface area contributed by atoms with Gasteiger partial charge in [-0.2, -0.15) is 0 Å². The second-order valence-electron chi connectivity index (χ2n) is 10.4. The summed E-state index contributed by atoms with van der Waals surface area (Å²) in [5.74, 6) is 0.169. The predicted molar refractivity (Wildman–Crippen MR) is 152 cm³/mol. The van der Waals surface area contributed by atoms with E-state index >= 15 is 4.39 Å². The number of hydrogen-bond acceptors (Lipinski definition) is 8. The zero-order chi connectivity index (χ0) is 28.9. The number of aliphatic hydroxyl groups is 4. The van der Waals surface area contributed by atoms with Crippen molar-refractivity contribution in [1.29, 1.82) is 0 Å². The number of alkyl halides is 1. The van der Waals surface area contributed by atoms with E-state index in [1.165, 1.54) is 0 Å². The predicted octanol–water partition coefficient (Wildman–Crippen LogP) is 0.972. The number of rotatable bonds is 7. The van der Waals surface area contributed by atoms with Crippen molar-refractivity contribution in [3.05, 3.63) is 82.4 Å². The number of fused-ring (bicyclic) bond motifs is 6. The molecule has 0 aliphatic carbocycles. The summed E-state index contributed by atoms with van der Waals surface area (Å²) in [6.07, 6.45) is -7.26. The van der Waals surface area contributed by atoms with Gasteiger partial charge < -0.3 is 0 Å². The van der Waals surface area contributed by atoms with E-state index in [1.807, 2.05) is 18.2 Å². The molecule has 1 saturated heterocycles. The van der Waals surface area contributed by atoms with Crippen LogP contribution in [0.2, 0.25) is 0 Å². The van der Waals surface area contributed by atoms with Crippen LogP contribution in [-0.4, -0.2) is 85.8 Å². The van der Waals surface area contributed by atoms with Crippen molar-refractivity contribution >= 4 is 29.6 Å². The molecular formula is C31H34FNO7Se. The SMILES string of the molecule is CCN(CC)c1ccc2c(c1)[Se]c1c(ccc(O[C@@H]3O[C@H](CO)[C@H](O)[C@H](O)[C@H]3O)c1CF)C21OCc2ccccc21. The third-order valence-corrected chi connectivity index (χ3v) is 10.9. The second kappa shape index (κ2) is 11.3. The van der Waals surface area contributed by atoms with Gasteiger partial charge in [0.1, 0.15) is 0 Å². The van der Waals surface area contributed by atoms with Crippen molar-refractivity contribution in [3.8, 4) is 5.75 Å². The Balaban J connectivity index is 1.49. The Labute approximate surface area is 244 Å². The van der Waals surface area contributed by atoms with Crippen LogP contribution in [0.3, 0.4) is 0 Å². The molecule has 6 rings (SSSR count). The molecule has 1 spiro atoms. The molecule has 3 aromatic carbocycles. The first-order valence-corrected chi connectivity index (χ1v) is 15.6. The van der Waals surface area contributed by atoms with Crippen LogP contribution in [0, 0.1) is 0 Å². The minimum atomic E-state index is -1.60. The van der Waals surface area contributed by atoms with Crippen LogP contribution in [0.1, 0.15) is 41.7 Å². The number of aliphatic hydroxyl groups excluding tert-OH is 4. The van der Waals surface area contributed by atoms with Crippen LogP contribution in [0.15, 0.2) is 54.6 Å². The Hall–Kier alpha value is -2.53. The van der Waals surface area contributed by atoms with Crippen LogP contribution < -0.4 is 18.6 Å². The molecule has 3 aliphatic rings. The topological polar surface area (TPSA) is 112 Å². The van der Waals surface area contributed by atoms with Gasteiger partial charge in [-0.3, -0.25) is 0 Å². The van der Waals surface area contributed by atoms with Crippen LogP contribution >= 0.6 is 0 Å². The quantitative estimate of drug-likeness (QED) is 0.286. The summed E-state index contributed by atoms with van der Waals surface area (Å²) in [6, 6.07) is 18.1. The Kier molecular flexibility index (Phi) is 7.86. The first-order valence-electron chi connectivity index (χ1n) is 13.9. The second-order valence-corrected chi connectivity index (χ2v) is 12.7. The van der Waals surface area contributed by atoms with Gasteiger partial charge >= 0.3 is 245 Å². The number of halogens is 1. The summed E-state index contributed by atoms with van der Waals surface area (Å²) in [4.78, 5) is 2.27. The van der Waals surface area contributed by atoms with Gasteiger partial charge in [-0.15, -0.1) is 0 Å². The molecule has 4 N–H and O–H groups in total. The molecular weight excluding hydrogens is 596 g/mol. The summed E-state index contributed by atoms with van der Waals surface area (Å²) < 4.78 is 35.1. The van der Waals surface area contributed by atoms with E-state index in [0.717, 1.165) is 50.0 Å². The number of hydrogen-bond donors (Lipinski definition) is 4. The minimum absolute atomic E-state index is 0.169. The number of nitrogens with zero attached hydrogens (tertiary/aromatic N) is 1. The number of ether oxygens (including phenoxy) is 3. The first-order chi connectivity index (χ1) is 19.9. The molecule has 1 unspecified atom stereocenters. The van der Waals surface area contributed by atoms with Crippen molar-refractivity contribution in [2.45, 2.75) is 63.4 Å². The van der Waals surface area contributed by atoms with Crippen molar-refractivity contribution in [1.82, 2.24) is 0 Å². The van der Waals surface area contributed by atoms with Crippen LogP contribution in [0.4, 0.5) is 10.1 Å². The summed E-state index contributed by atoms with van der Waals surface area (Å²) in [5, 5.41) is 40.6. The van der Waals surface area contributed by atoms with Gasteiger partial charge in [-0.25, -0.2) is 0 Å². The zero-order valence-electron chi connectivity index (χ0n) is 22.9. The van der Waals surface area contributed by atoms with Crippen molar-refractivity contribution < 1.29 is 39.0 Å². The molecule has 3 aromatic rings. The fourth-order valence-electron chi connectivity index (χ4n) is 6.16. The van der Waals surface area contributed by atoms with E-state index in [9.17, 15) is 20.4 Å². The van der Waals surface area contributed by atoms with Gasteiger partial charge in [0, 0.05) is 0 Å². The molecule has 218 valence electrons. The zero-order valence-corrected chi connectivity index (χ0v) is 24.6. The van der Waals surface area contributed by atoms with E-state index < -0.39 is 49.6 Å². The van der Waals surface area contributed by atoms with E-state index in [1.54, 1.807) is 6.07 Å². The molecule has 6 atom stereocenters. The third kappa shape index (κ3) is 4.49. The summed E-state index contributed by atoms with van der Waals surface area (Å²) in [6.45, 7) is 4.95. The third-order valence-electron chi connectivity index (χ3n) is 8.35. The molecule has 0 amide bonds. The molecule has 41 heavy (non-hydrogen) atoms. The summed E-state index contributed by atoms with van der Waals surface area (Å²) >= 11 is -0.309. The summed E-state index contributed by atoms with van der Waals surface area (Å²) in [7, 11) is 0. The Bertz CT molecular complexity index is 1430. The monoisotopic (exact) mass is 631 g/mol. The number of benzene rings is 3. The number of anilines is 1. The normalized spacial score (nSPS) is 28.2. The van der Waals surface area contributed by atoms with Crippen LogP contribution in [0.5, 0.6) is 5.75 Å². The van der Waals surface area contributed by atoms with Gasteiger partial charge in [0.05, 0.1) is 0 Å². The molecule has 3 heterocycles. The standard InChI is InChI=1S/C31H34FNO7Se/c1-3-33(4-2)18-9-10-21-25(13-18)41-29-19(14-32)23(39-30-28(37)27(36)26(35)24(15-34)40-30)12-11-22(29)31(21)20-8-6-5-7-17(20)16-38-31/h5-13,24,26-28,30,34-37H,3-4,14-16H2,1-2H3/t24-,26+,27+,28-,30-,31?/m1/s1. The van der Waals surface area contributed by atoms with Gasteiger partial charge in [0.25, 0.3) is 0 Å². The van der Waals surface area contributed by atoms with Crippen molar-refractivity contribution in [2.75, 3.05) is 24.6 Å². The van der Waals surface area contributed by atoms with Gasteiger partial charge in [0.2, 0.25) is 0 Å². The summed E-state index contributed by atoms with van der Waals surface area (Å²) in [5.41, 5.74) is 4.53. The fraction of sp³-hybridized carbons (Fsp3) is 0.419. The average Bonchev–Trinajstić information content (AvgIpc) is 3.37. The van der Waals surface area contributed by atoms with E-state index in [2.05, 4.69) is 49.1 Å². The molecule has 1 fully saturated rings. The molecule has 3 aliphatic heterocycles. The van der Waals surface area contributed by atoms with Gasteiger partial charge in [0.15, 0.2) is 0 Å². The molecule has 10 heteroatoms. The fourth-order valence-corrected chi connectivity index (χ4v) is 8.93. The Morgan fingerprint density at radius 2 is 1.73 bits per heavy atom. The molecule has 0 saturated carbocycles.